The Morgan fingerprint density at radius 3 is 2.72 bits per heavy atom. The molecule has 162 valence electrons. The predicted molar refractivity (Wildman–Crippen MR) is 122 cm³/mol. The maximum Gasteiger partial charge on any atom is 0.223 e. The highest BCUT2D eigenvalue weighted by molar-refractivity contribution is 5.82. The van der Waals surface area contributed by atoms with E-state index < -0.39 is 0 Å². The second-order valence-corrected chi connectivity index (χ2v) is 8.18. The summed E-state index contributed by atoms with van der Waals surface area (Å²) in [5.41, 5.74) is 6.06. The van der Waals surface area contributed by atoms with Crippen molar-refractivity contribution in [3.63, 3.8) is 0 Å². The number of rotatable bonds is 5. The summed E-state index contributed by atoms with van der Waals surface area (Å²) in [6.45, 7) is 1.29. The lowest BCUT2D eigenvalue weighted by Crippen LogP contribution is -2.36. The zero-order valence-electron chi connectivity index (χ0n) is 18.3. The van der Waals surface area contributed by atoms with E-state index in [9.17, 15) is 4.79 Å². The number of methoxy groups -OCH3 is 1. The normalized spacial score (nSPS) is 13.2. The fourth-order valence-corrected chi connectivity index (χ4v) is 4.17. The van der Waals surface area contributed by atoms with Crippen LogP contribution in [0, 0.1) is 0 Å². The molecule has 0 unspecified atom stereocenters. The average molecular weight is 428 g/mol. The van der Waals surface area contributed by atoms with Crippen LogP contribution in [0.25, 0.3) is 22.2 Å². The smallest absolute Gasteiger partial charge is 0.223 e. The van der Waals surface area contributed by atoms with E-state index in [1.54, 1.807) is 11.8 Å². The van der Waals surface area contributed by atoms with Crippen LogP contribution in [-0.4, -0.2) is 44.2 Å². The van der Waals surface area contributed by atoms with Crippen molar-refractivity contribution in [3.05, 3.63) is 71.8 Å². The van der Waals surface area contributed by atoms with Crippen molar-refractivity contribution in [1.82, 2.24) is 24.6 Å². The summed E-state index contributed by atoms with van der Waals surface area (Å²) in [5.74, 6) is 1.00. The van der Waals surface area contributed by atoms with Gasteiger partial charge in [0.1, 0.15) is 5.75 Å². The number of carbonyl (C=O) groups excluding carboxylic acids is 1. The molecule has 0 radical (unpaired) electrons. The average Bonchev–Trinajstić information content (AvgIpc) is 3.27. The molecule has 1 aliphatic rings. The number of amides is 1. The Hall–Kier alpha value is -3.74. The molecule has 0 atom stereocenters. The quantitative estimate of drug-likeness (QED) is 0.487. The Bertz CT molecular complexity index is 1280. The summed E-state index contributed by atoms with van der Waals surface area (Å²) in [6.07, 6.45) is 7.62. The number of nitrogens with zero attached hydrogens (tertiary/aromatic N) is 5. The van der Waals surface area contributed by atoms with Crippen LogP contribution in [0.5, 0.6) is 5.75 Å². The number of aryl methyl sites for hydroxylation is 2. The number of pyridine rings is 2. The van der Waals surface area contributed by atoms with E-state index in [1.807, 2.05) is 54.8 Å². The molecule has 32 heavy (non-hydrogen) atoms. The van der Waals surface area contributed by atoms with Crippen LogP contribution in [0.4, 0.5) is 0 Å². The summed E-state index contributed by atoms with van der Waals surface area (Å²) >= 11 is 0. The lowest BCUT2D eigenvalue weighted by Gasteiger charge is -2.28. The van der Waals surface area contributed by atoms with Crippen molar-refractivity contribution in [1.29, 1.82) is 0 Å². The first kappa shape index (κ1) is 20.2. The van der Waals surface area contributed by atoms with Crippen LogP contribution in [0.1, 0.15) is 23.2 Å². The predicted octanol–water partition coefficient (Wildman–Crippen LogP) is 3.56. The number of benzene rings is 1. The summed E-state index contributed by atoms with van der Waals surface area (Å²) in [7, 11) is 3.55. The van der Waals surface area contributed by atoms with Gasteiger partial charge in [0.05, 0.1) is 13.3 Å². The van der Waals surface area contributed by atoms with Crippen LogP contribution in [0.2, 0.25) is 0 Å². The van der Waals surface area contributed by atoms with Crippen molar-refractivity contribution in [3.8, 4) is 16.9 Å². The number of carbonyl (C=O) groups is 1. The lowest BCUT2D eigenvalue weighted by molar-refractivity contribution is -0.132. The number of aromatic nitrogens is 4. The molecule has 1 aliphatic heterocycles. The van der Waals surface area contributed by atoms with E-state index in [-0.39, 0.29) is 5.91 Å². The molecule has 0 bridgehead atoms. The van der Waals surface area contributed by atoms with Crippen LogP contribution in [-0.2, 0) is 31.2 Å². The van der Waals surface area contributed by atoms with Crippen LogP contribution in [0.15, 0.2) is 55.0 Å². The molecule has 3 aromatic heterocycles. The van der Waals surface area contributed by atoms with Gasteiger partial charge in [-0.05, 0) is 41.8 Å². The Morgan fingerprint density at radius 1 is 1.12 bits per heavy atom. The first-order chi connectivity index (χ1) is 15.6. The van der Waals surface area contributed by atoms with E-state index in [2.05, 4.69) is 22.2 Å². The third kappa shape index (κ3) is 4.06. The van der Waals surface area contributed by atoms with Gasteiger partial charge in [-0.2, -0.15) is 5.10 Å². The molecule has 0 spiro atoms. The van der Waals surface area contributed by atoms with Gasteiger partial charge >= 0.3 is 0 Å². The maximum atomic E-state index is 12.9. The van der Waals surface area contributed by atoms with Crippen LogP contribution < -0.4 is 4.74 Å². The molecule has 1 amide bonds. The molecule has 0 fully saturated rings. The number of fused-ring (bicyclic) bond motifs is 2. The molecule has 4 heterocycles. The van der Waals surface area contributed by atoms with Crippen LogP contribution >= 0.6 is 0 Å². The van der Waals surface area contributed by atoms with Gasteiger partial charge in [-0.25, -0.2) is 9.97 Å². The molecule has 5 rings (SSSR count). The summed E-state index contributed by atoms with van der Waals surface area (Å²) in [6, 6.07) is 12.1. The third-order valence-electron chi connectivity index (χ3n) is 5.99. The van der Waals surface area contributed by atoms with E-state index >= 15 is 0 Å². The number of hydrogen-bond acceptors (Lipinski definition) is 5. The van der Waals surface area contributed by atoms with Gasteiger partial charge in [0, 0.05) is 67.6 Å². The largest absolute Gasteiger partial charge is 0.497 e. The summed E-state index contributed by atoms with van der Waals surface area (Å²) in [4.78, 5) is 24.2. The Balaban J connectivity index is 1.31. The SMILES string of the molecule is COc1ccc(CCC(=O)N2CCc3nc4ncc(-c5cnn(C)c5)cc4cc3C2)cc1. The Morgan fingerprint density at radius 2 is 1.97 bits per heavy atom. The summed E-state index contributed by atoms with van der Waals surface area (Å²) < 4.78 is 6.98. The minimum Gasteiger partial charge on any atom is -0.497 e. The molecule has 7 nitrogen and oxygen atoms in total. The van der Waals surface area contributed by atoms with Gasteiger partial charge in [-0.1, -0.05) is 12.1 Å². The minimum absolute atomic E-state index is 0.175. The van der Waals surface area contributed by atoms with Crippen molar-refractivity contribution in [2.24, 2.45) is 7.05 Å². The van der Waals surface area contributed by atoms with E-state index in [1.165, 1.54) is 0 Å². The van der Waals surface area contributed by atoms with Crippen molar-refractivity contribution in [2.75, 3.05) is 13.7 Å². The number of hydrogen-bond donors (Lipinski definition) is 0. The minimum atomic E-state index is 0.175. The standard InChI is InChI=1S/C25H25N5O2/c1-29-15-21(14-27-29)19-11-18-12-20-16-30(10-9-23(20)28-25(18)26-13-19)24(31)8-5-17-3-6-22(32-2)7-4-17/h3-4,6-7,11-15H,5,8-10,16H2,1-2H3. The van der Waals surface area contributed by atoms with E-state index in [0.717, 1.165) is 57.6 Å². The second-order valence-electron chi connectivity index (χ2n) is 8.18. The lowest BCUT2D eigenvalue weighted by atomic mass is 10.0. The summed E-state index contributed by atoms with van der Waals surface area (Å²) in [5, 5.41) is 5.23. The number of ether oxygens (including phenoxy) is 1. The Kier molecular flexibility index (Phi) is 5.31. The molecule has 0 aliphatic carbocycles. The first-order valence-electron chi connectivity index (χ1n) is 10.8. The van der Waals surface area contributed by atoms with E-state index in [4.69, 9.17) is 9.72 Å². The van der Waals surface area contributed by atoms with Gasteiger partial charge in [-0.3, -0.25) is 9.48 Å². The molecule has 0 saturated carbocycles. The van der Waals surface area contributed by atoms with Gasteiger partial charge in [0.2, 0.25) is 5.91 Å². The molecule has 0 N–H and O–H groups in total. The molecular formula is C25H25N5O2. The monoisotopic (exact) mass is 427 g/mol. The maximum absolute atomic E-state index is 12.9. The van der Waals surface area contributed by atoms with E-state index in [0.29, 0.717) is 19.5 Å². The highest BCUT2D eigenvalue weighted by Gasteiger charge is 2.22. The van der Waals surface area contributed by atoms with Gasteiger partial charge < -0.3 is 9.64 Å². The second kappa shape index (κ2) is 8.42. The first-order valence-corrected chi connectivity index (χ1v) is 10.8. The van der Waals surface area contributed by atoms with Crippen LogP contribution in [0.3, 0.4) is 0 Å². The molecule has 1 aromatic carbocycles. The highest BCUT2D eigenvalue weighted by Crippen LogP contribution is 2.26. The molecule has 4 aromatic rings. The zero-order chi connectivity index (χ0) is 22.1. The molecule has 7 heteroatoms. The zero-order valence-corrected chi connectivity index (χ0v) is 18.3. The fourth-order valence-electron chi connectivity index (χ4n) is 4.17. The van der Waals surface area contributed by atoms with Gasteiger partial charge in [0.15, 0.2) is 5.65 Å². The van der Waals surface area contributed by atoms with Crippen molar-refractivity contribution >= 4 is 16.9 Å². The van der Waals surface area contributed by atoms with Crippen molar-refractivity contribution < 1.29 is 9.53 Å². The molecular weight excluding hydrogens is 402 g/mol. The Labute approximate surface area is 186 Å². The van der Waals surface area contributed by atoms with Gasteiger partial charge in [-0.15, -0.1) is 0 Å². The molecule has 0 saturated heterocycles. The topological polar surface area (TPSA) is 73.1 Å². The van der Waals surface area contributed by atoms with Crippen molar-refractivity contribution in [2.45, 2.75) is 25.8 Å². The third-order valence-corrected chi connectivity index (χ3v) is 5.99. The van der Waals surface area contributed by atoms with Gasteiger partial charge in [0.25, 0.3) is 0 Å². The fraction of sp³-hybridized carbons (Fsp3) is 0.280. The highest BCUT2D eigenvalue weighted by atomic mass is 16.5.